The molecule has 25 heavy (non-hydrogen) atoms. The average Bonchev–Trinajstić information content (AvgIpc) is 3.30. The molecule has 1 aromatic carbocycles. The minimum absolute atomic E-state index is 0.105. The van der Waals surface area contributed by atoms with Gasteiger partial charge in [0.2, 0.25) is 0 Å². The first-order chi connectivity index (χ1) is 12.2. The average molecular weight is 333 g/mol. The maximum absolute atomic E-state index is 4.33. The molecule has 1 atom stereocenters. The number of pyridine rings is 1. The van der Waals surface area contributed by atoms with Gasteiger partial charge in [-0.15, -0.1) is 15.3 Å². The van der Waals surface area contributed by atoms with Crippen molar-refractivity contribution < 1.29 is 0 Å². The number of nitrogens with zero attached hydrogens (tertiary/aromatic N) is 7. The molecule has 0 aliphatic carbocycles. The normalized spacial score (nSPS) is 12.8. The van der Waals surface area contributed by atoms with E-state index in [2.05, 4.69) is 39.4 Å². The van der Waals surface area contributed by atoms with E-state index in [0.29, 0.717) is 6.54 Å². The first kappa shape index (κ1) is 15.5. The molecular formula is C18H19N7. The summed E-state index contributed by atoms with van der Waals surface area (Å²) in [5, 5.41) is 17.1. The Balaban J connectivity index is 1.52. The van der Waals surface area contributed by atoms with Crippen LogP contribution < -0.4 is 0 Å². The standard InChI is InChI=1S/C18H19N7/c1-14(16-12-25(22-19-16)15-8-4-3-5-9-15)23(2)13-18-21-20-17-10-6-7-11-24(17)18/h3-12,14H,13H2,1-2H3. The Kier molecular flexibility index (Phi) is 3.99. The van der Waals surface area contributed by atoms with Gasteiger partial charge in [0, 0.05) is 6.20 Å². The third-order valence-electron chi connectivity index (χ3n) is 4.40. The zero-order chi connectivity index (χ0) is 17.2. The molecular weight excluding hydrogens is 314 g/mol. The van der Waals surface area contributed by atoms with E-state index in [1.165, 1.54) is 0 Å². The van der Waals surface area contributed by atoms with Crippen LogP contribution in [0.15, 0.2) is 60.9 Å². The highest BCUT2D eigenvalue weighted by molar-refractivity contribution is 5.37. The monoisotopic (exact) mass is 333 g/mol. The maximum Gasteiger partial charge on any atom is 0.160 e. The van der Waals surface area contributed by atoms with Crippen molar-refractivity contribution in [2.24, 2.45) is 0 Å². The van der Waals surface area contributed by atoms with E-state index in [0.717, 1.165) is 22.9 Å². The Morgan fingerprint density at radius 1 is 1.00 bits per heavy atom. The van der Waals surface area contributed by atoms with Crippen LogP contribution >= 0.6 is 0 Å². The molecule has 4 rings (SSSR count). The van der Waals surface area contributed by atoms with E-state index < -0.39 is 0 Å². The van der Waals surface area contributed by atoms with Crippen LogP contribution in [0.3, 0.4) is 0 Å². The molecule has 7 heteroatoms. The lowest BCUT2D eigenvalue weighted by atomic mass is 10.2. The van der Waals surface area contributed by atoms with Crippen molar-refractivity contribution in [3.05, 3.63) is 72.4 Å². The molecule has 7 nitrogen and oxygen atoms in total. The second-order valence-electron chi connectivity index (χ2n) is 6.06. The van der Waals surface area contributed by atoms with Crippen LogP contribution in [0.5, 0.6) is 0 Å². The van der Waals surface area contributed by atoms with E-state index in [-0.39, 0.29) is 6.04 Å². The molecule has 0 bridgehead atoms. The van der Waals surface area contributed by atoms with Gasteiger partial charge in [0.05, 0.1) is 30.2 Å². The maximum atomic E-state index is 4.33. The summed E-state index contributed by atoms with van der Waals surface area (Å²) in [6.45, 7) is 2.78. The zero-order valence-electron chi connectivity index (χ0n) is 14.2. The van der Waals surface area contributed by atoms with Crippen LogP contribution in [0.25, 0.3) is 11.3 Å². The van der Waals surface area contributed by atoms with Crippen LogP contribution in [0, 0.1) is 0 Å². The highest BCUT2D eigenvalue weighted by Crippen LogP contribution is 2.19. The van der Waals surface area contributed by atoms with Crippen molar-refractivity contribution in [1.29, 1.82) is 0 Å². The minimum atomic E-state index is 0.105. The van der Waals surface area contributed by atoms with E-state index in [4.69, 9.17) is 0 Å². The molecule has 3 heterocycles. The van der Waals surface area contributed by atoms with Crippen molar-refractivity contribution in [2.75, 3.05) is 7.05 Å². The Morgan fingerprint density at radius 2 is 1.80 bits per heavy atom. The van der Waals surface area contributed by atoms with E-state index in [1.54, 1.807) is 4.68 Å². The van der Waals surface area contributed by atoms with Gasteiger partial charge in [-0.05, 0) is 38.2 Å². The van der Waals surface area contributed by atoms with E-state index >= 15 is 0 Å². The van der Waals surface area contributed by atoms with Crippen molar-refractivity contribution in [1.82, 2.24) is 34.5 Å². The number of aromatic nitrogens is 6. The molecule has 0 spiro atoms. The van der Waals surface area contributed by atoms with Gasteiger partial charge in [-0.3, -0.25) is 9.30 Å². The summed E-state index contributed by atoms with van der Waals surface area (Å²) in [4.78, 5) is 2.18. The number of fused-ring (bicyclic) bond motifs is 1. The molecule has 3 aromatic heterocycles. The van der Waals surface area contributed by atoms with Crippen LogP contribution in [0.1, 0.15) is 24.5 Å². The second-order valence-corrected chi connectivity index (χ2v) is 6.06. The first-order valence-corrected chi connectivity index (χ1v) is 8.19. The minimum Gasteiger partial charge on any atom is -0.290 e. The lowest BCUT2D eigenvalue weighted by Crippen LogP contribution is -2.23. The smallest absolute Gasteiger partial charge is 0.160 e. The summed E-state index contributed by atoms with van der Waals surface area (Å²) < 4.78 is 3.80. The summed E-state index contributed by atoms with van der Waals surface area (Å²) in [6.07, 6.45) is 3.95. The summed E-state index contributed by atoms with van der Waals surface area (Å²) in [7, 11) is 2.05. The van der Waals surface area contributed by atoms with Crippen molar-refractivity contribution >= 4 is 5.65 Å². The van der Waals surface area contributed by atoms with Gasteiger partial charge in [-0.1, -0.05) is 29.5 Å². The molecule has 0 N–H and O–H groups in total. The SMILES string of the molecule is CC(c1cn(-c2ccccc2)nn1)N(C)Cc1nnc2ccccn12. The molecule has 1 unspecified atom stereocenters. The molecule has 0 saturated carbocycles. The van der Waals surface area contributed by atoms with Gasteiger partial charge in [-0.25, -0.2) is 4.68 Å². The molecule has 0 aliphatic heterocycles. The Labute approximate surface area is 145 Å². The topological polar surface area (TPSA) is 64.1 Å². The highest BCUT2D eigenvalue weighted by atomic mass is 15.4. The fraction of sp³-hybridized carbons (Fsp3) is 0.222. The van der Waals surface area contributed by atoms with Gasteiger partial charge in [-0.2, -0.15) is 0 Å². The lowest BCUT2D eigenvalue weighted by molar-refractivity contribution is 0.241. The summed E-state index contributed by atoms with van der Waals surface area (Å²) in [5.74, 6) is 0.903. The van der Waals surface area contributed by atoms with Gasteiger partial charge in [0.25, 0.3) is 0 Å². The van der Waals surface area contributed by atoms with Gasteiger partial charge in [0.15, 0.2) is 11.5 Å². The molecule has 0 fully saturated rings. The molecule has 126 valence electrons. The number of hydrogen-bond acceptors (Lipinski definition) is 5. The third-order valence-corrected chi connectivity index (χ3v) is 4.40. The molecule has 0 saturated heterocycles. The number of para-hydroxylation sites is 1. The van der Waals surface area contributed by atoms with Crippen molar-refractivity contribution in [3.8, 4) is 5.69 Å². The summed E-state index contributed by atoms with van der Waals surface area (Å²) in [6, 6.07) is 16.0. The largest absolute Gasteiger partial charge is 0.290 e. The summed E-state index contributed by atoms with van der Waals surface area (Å²) in [5.41, 5.74) is 2.77. The third kappa shape index (κ3) is 3.01. The quantitative estimate of drug-likeness (QED) is 0.561. The summed E-state index contributed by atoms with van der Waals surface area (Å²) >= 11 is 0. The molecule has 0 radical (unpaired) electrons. The number of hydrogen-bond donors (Lipinski definition) is 0. The van der Waals surface area contributed by atoms with Gasteiger partial charge >= 0.3 is 0 Å². The Hall–Kier alpha value is -3.06. The Morgan fingerprint density at radius 3 is 2.64 bits per heavy atom. The van der Waals surface area contributed by atoms with Gasteiger partial charge in [0.1, 0.15) is 0 Å². The van der Waals surface area contributed by atoms with Gasteiger partial charge < -0.3 is 0 Å². The zero-order valence-corrected chi connectivity index (χ0v) is 14.2. The predicted molar refractivity (Wildman–Crippen MR) is 94.2 cm³/mol. The van der Waals surface area contributed by atoms with Crippen molar-refractivity contribution in [2.45, 2.75) is 19.5 Å². The molecule has 4 aromatic rings. The molecule has 0 aliphatic rings. The highest BCUT2D eigenvalue weighted by Gasteiger charge is 2.18. The van der Waals surface area contributed by atoms with Crippen LogP contribution in [-0.4, -0.2) is 41.5 Å². The second kappa shape index (κ2) is 6.45. The predicted octanol–water partition coefficient (Wildman–Crippen LogP) is 2.50. The fourth-order valence-corrected chi connectivity index (χ4v) is 2.76. The van der Waals surface area contributed by atoms with Crippen LogP contribution in [0.4, 0.5) is 0 Å². The van der Waals surface area contributed by atoms with Crippen molar-refractivity contribution in [3.63, 3.8) is 0 Å². The fourth-order valence-electron chi connectivity index (χ4n) is 2.76. The van der Waals surface area contributed by atoms with E-state index in [9.17, 15) is 0 Å². The number of rotatable bonds is 5. The van der Waals surface area contributed by atoms with Crippen LogP contribution in [-0.2, 0) is 6.54 Å². The Bertz CT molecular complexity index is 973. The first-order valence-electron chi connectivity index (χ1n) is 8.19. The van der Waals surface area contributed by atoms with E-state index in [1.807, 2.05) is 65.3 Å². The van der Waals surface area contributed by atoms with Crippen LogP contribution in [0.2, 0.25) is 0 Å². The lowest BCUT2D eigenvalue weighted by Gasteiger charge is -2.21. The number of benzene rings is 1. The molecule has 0 amide bonds.